The van der Waals surface area contributed by atoms with Crippen molar-refractivity contribution in [3.05, 3.63) is 92.6 Å². The van der Waals surface area contributed by atoms with Gasteiger partial charge in [0.1, 0.15) is 11.5 Å². The lowest BCUT2D eigenvalue weighted by Gasteiger charge is -2.21. The molecule has 0 radical (unpaired) electrons. The maximum atomic E-state index is 12.4. The van der Waals surface area contributed by atoms with Crippen molar-refractivity contribution in [1.29, 1.82) is 0 Å². The van der Waals surface area contributed by atoms with Gasteiger partial charge in [-0.1, -0.05) is 60.7 Å². The number of carbonyl (C=O) groups excluding carboxylic acids is 2. The van der Waals surface area contributed by atoms with Crippen LogP contribution in [0.5, 0.6) is 0 Å². The van der Waals surface area contributed by atoms with E-state index in [-0.39, 0.29) is 37.6 Å². The number of imide groups is 1. The number of carbonyl (C=O) groups is 2. The third kappa shape index (κ3) is 6.33. The molecule has 10 heteroatoms. The van der Waals surface area contributed by atoms with Crippen LogP contribution in [0.4, 0.5) is 16.3 Å². The molecule has 3 rings (SSSR count). The lowest BCUT2D eigenvalue weighted by molar-refractivity contribution is -0.119. The number of nitrogens with two attached hydrogens (primary N) is 1. The number of anilines is 2. The number of nitrogen functional groups attached to an aromatic ring is 1. The summed E-state index contributed by atoms with van der Waals surface area (Å²) in [5, 5.41) is 4.86. The fourth-order valence-electron chi connectivity index (χ4n) is 3.26. The van der Waals surface area contributed by atoms with Gasteiger partial charge >= 0.3 is 11.7 Å². The van der Waals surface area contributed by atoms with Crippen LogP contribution in [-0.2, 0) is 17.9 Å². The van der Waals surface area contributed by atoms with Gasteiger partial charge in [-0.2, -0.15) is 0 Å². The van der Waals surface area contributed by atoms with Crippen LogP contribution < -0.4 is 32.5 Å². The van der Waals surface area contributed by atoms with E-state index in [1.807, 2.05) is 60.7 Å². The van der Waals surface area contributed by atoms with Crippen LogP contribution >= 0.6 is 0 Å². The lowest BCUT2D eigenvalue weighted by Crippen LogP contribution is -2.41. The van der Waals surface area contributed by atoms with Gasteiger partial charge in [0, 0.05) is 26.6 Å². The number of urea groups is 1. The van der Waals surface area contributed by atoms with Gasteiger partial charge in [-0.3, -0.25) is 24.5 Å². The molecule has 2 aromatic carbocycles. The van der Waals surface area contributed by atoms with E-state index in [9.17, 15) is 19.2 Å². The predicted molar refractivity (Wildman–Crippen MR) is 126 cm³/mol. The molecule has 0 unspecified atom stereocenters. The maximum absolute atomic E-state index is 12.4. The summed E-state index contributed by atoms with van der Waals surface area (Å²) in [5.74, 6) is -0.517. The van der Waals surface area contributed by atoms with Crippen molar-refractivity contribution in [3.8, 4) is 0 Å². The fraction of sp³-hybridized carbons (Fsp3) is 0.217. The van der Waals surface area contributed by atoms with Crippen molar-refractivity contribution in [2.75, 3.05) is 24.2 Å². The molecule has 10 nitrogen and oxygen atoms in total. The third-order valence-electron chi connectivity index (χ3n) is 5.00. The number of hydrogen-bond donors (Lipinski definition) is 4. The van der Waals surface area contributed by atoms with Crippen LogP contribution in [0, 0.1) is 0 Å². The zero-order valence-corrected chi connectivity index (χ0v) is 18.2. The highest BCUT2D eigenvalue weighted by atomic mass is 16.2. The number of aromatic amines is 1. The molecule has 0 atom stereocenters. The summed E-state index contributed by atoms with van der Waals surface area (Å²) in [4.78, 5) is 52.5. The standard InChI is InChI=1S/C23H26N6O4/c1-28(13-12-18(30)26-22(32)25-14-16-8-4-2-5-9-16)19-20(24)29(23(33)27-21(19)31)15-17-10-6-3-7-11-17/h2-11H,12-15,24H2,1H3,(H,27,31,33)(H2,25,26,30,32). The second-order valence-electron chi connectivity index (χ2n) is 7.45. The SMILES string of the molecule is CN(CCC(=O)NC(=O)NCc1ccccc1)c1c(N)n(Cc2ccccc2)c(=O)[nH]c1=O. The Hall–Kier alpha value is -4.34. The summed E-state index contributed by atoms with van der Waals surface area (Å²) in [5.41, 5.74) is 6.70. The van der Waals surface area contributed by atoms with E-state index in [0.717, 1.165) is 11.1 Å². The van der Waals surface area contributed by atoms with Gasteiger partial charge in [-0.15, -0.1) is 0 Å². The molecule has 172 valence electrons. The van der Waals surface area contributed by atoms with Crippen LogP contribution in [0.15, 0.2) is 70.3 Å². The smallest absolute Gasteiger partial charge is 0.330 e. The van der Waals surface area contributed by atoms with E-state index in [4.69, 9.17) is 5.73 Å². The molecule has 0 aliphatic heterocycles. The molecule has 33 heavy (non-hydrogen) atoms. The van der Waals surface area contributed by atoms with Crippen molar-refractivity contribution in [1.82, 2.24) is 20.2 Å². The Bertz CT molecular complexity index is 1220. The normalized spacial score (nSPS) is 10.5. The van der Waals surface area contributed by atoms with Gasteiger partial charge in [-0.25, -0.2) is 9.59 Å². The van der Waals surface area contributed by atoms with Crippen LogP contribution in [-0.4, -0.2) is 35.1 Å². The first kappa shape index (κ1) is 23.3. The molecule has 0 aliphatic carbocycles. The Morgan fingerprint density at radius 1 is 1.00 bits per heavy atom. The predicted octanol–water partition coefficient (Wildman–Crippen LogP) is 1.02. The van der Waals surface area contributed by atoms with E-state index < -0.39 is 23.2 Å². The molecular weight excluding hydrogens is 424 g/mol. The first-order valence-electron chi connectivity index (χ1n) is 10.3. The van der Waals surface area contributed by atoms with Crippen molar-refractivity contribution in [3.63, 3.8) is 0 Å². The Balaban J connectivity index is 1.60. The summed E-state index contributed by atoms with van der Waals surface area (Å²) < 4.78 is 1.26. The number of rotatable bonds is 8. The van der Waals surface area contributed by atoms with Crippen molar-refractivity contribution >= 4 is 23.4 Å². The highest BCUT2D eigenvalue weighted by Crippen LogP contribution is 2.16. The van der Waals surface area contributed by atoms with Gasteiger partial charge in [0.25, 0.3) is 5.56 Å². The molecule has 3 amide bonds. The second kappa shape index (κ2) is 10.8. The van der Waals surface area contributed by atoms with E-state index >= 15 is 0 Å². The Morgan fingerprint density at radius 2 is 1.61 bits per heavy atom. The van der Waals surface area contributed by atoms with Gasteiger partial charge in [-0.05, 0) is 11.1 Å². The summed E-state index contributed by atoms with van der Waals surface area (Å²) in [6.07, 6.45) is -0.0635. The number of H-pyrrole nitrogens is 1. The molecule has 0 aliphatic rings. The van der Waals surface area contributed by atoms with E-state index in [1.165, 1.54) is 9.47 Å². The first-order valence-corrected chi connectivity index (χ1v) is 10.3. The Kier molecular flexibility index (Phi) is 7.64. The van der Waals surface area contributed by atoms with Crippen LogP contribution in [0.1, 0.15) is 17.5 Å². The summed E-state index contributed by atoms with van der Waals surface area (Å²) >= 11 is 0. The Morgan fingerprint density at radius 3 is 2.24 bits per heavy atom. The average molecular weight is 450 g/mol. The van der Waals surface area contributed by atoms with Crippen molar-refractivity contribution < 1.29 is 9.59 Å². The number of nitrogens with zero attached hydrogens (tertiary/aromatic N) is 2. The number of nitrogens with one attached hydrogen (secondary N) is 3. The molecule has 0 fully saturated rings. The van der Waals surface area contributed by atoms with Gasteiger partial charge in [0.05, 0.1) is 6.54 Å². The van der Waals surface area contributed by atoms with Crippen molar-refractivity contribution in [2.45, 2.75) is 19.5 Å². The Labute approximate surface area is 190 Å². The number of amides is 3. The van der Waals surface area contributed by atoms with E-state index in [2.05, 4.69) is 15.6 Å². The first-order chi connectivity index (χ1) is 15.8. The summed E-state index contributed by atoms with van der Waals surface area (Å²) in [7, 11) is 1.58. The quantitative estimate of drug-likeness (QED) is 0.404. The van der Waals surface area contributed by atoms with E-state index in [0.29, 0.717) is 0 Å². The molecule has 5 N–H and O–H groups in total. The monoisotopic (exact) mass is 450 g/mol. The minimum Gasteiger partial charge on any atom is -0.383 e. The number of hydrogen-bond acceptors (Lipinski definition) is 6. The summed E-state index contributed by atoms with van der Waals surface area (Å²) in [6.45, 7) is 0.578. The zero-order chi connectivity index (χ0) is 23.8. The van der Waals surface area contributed by atoms with Crippen LogP contribution in [0.25, 0.3) is 0 Å². The summed E-state index contributed by atoms with van der Waals surface area (Å²) in [6, 6.07) is 17.9. The second-order valence-corrected chi connectivity index (χ2v) is 7.45. The zero-order valence-electron chi connectivity index (χ0n) is 18.2. The molecule has 0 bridgehead atoms. The molecule has 3 aromatic rings. The molecule has 0 saturated carbocycles. The van der Waals surface area contributed by atoms with Gasteiger partial charge in [0.2, 0.25) is 5.91 Å². The lowest BCUT2D eigenvalue weighted by atomic mass is 10.2. The molecular formula is C23H26N6O4. The molecule has 1 heterocycles. The maximum Gasteiger partial charge on any atom is 0.330 e. The highest BCUT2D eigenvalue weighted by molar-refractivity contribution is 5.94. The minimum absolute atomic E-state index is 0.00360. The van der Waals surface area contributed by atoms with Crippen LogP contribution in [0.2, 0.25) is 0 Å². The number of benzene rings is 2. The molecule has 1 aromatic heterocycles. The minimum atomic E-state index is -0.648. The molecule has 0 saturated heterocycles. The average Bonchev–Trinajstić information content (AvgIpc) is 2.80. The highest BCUT2D eigenvalue weighted by Gasteiger charge is 2.17. The molecule has 0 spiro atoms. The van der Waals surface area contributed by atoms with E-state index in [1.54, 1.807) is 7.05 Å². The largest absolute Gasteiger partial charge is 0.383 e. The topological polar surface area (TPSA) is 142 Å². The third-order valence-corrected chi connectivity index (χ3v) is 5.00. The number of aromatic nitrogens is 2. The van der Waals surface area contributed by atoms with Gasteiger partial charge < -0.3 is 16.0 Å². The van der Waals surface area contributed by atoms with Gasteiger partial charge in [0.15, 0.2) is 0 Å². The van der Waals surface area contributed by atoms with Crippen LogP contribution in [0.3, 0.4) is 0 Å². The van der Waals surface area contributed by atoms with Crippen molar-refractivity contribution in [2.24, 2.45) is 0 Å². The fourth-order valence-corrected chi connectivity index (χ4v) is 3.26.